The average molecular weight is 327 g/mol. The smallest absolute Gasteiger partial charge is 0.0494 e. The van der Waals surface area contributed by atoms with Crippen molar-refractivity contribution in [3.05, 3.63) is 0 Å². The van der Waals surface area contributed by atoms with E-state index in [9.17, 15) is 0 Å². The maximum atomic E-state index is 8.80. The van der Waals surface area contributed by atoms with E-state index in [0.29, 0.717) is 12.0 Å². The molecule has 3 nitrogen and oxygen atoms in total. The first-order valence-electron chi connectivity index (χ1n) is 9.93. The van der Waals surface area contributed by atoms with Crippen molar-refractivity contribution in [1.82, 2.24) is 0 Å². The lowest BCUT2D eigenvalue weighted by Gasteiger charge is -2.23. The first kappa shape index (κ1) is 22.4. The van der Waals surface area contributed by atoms with Gasteiger partial charge in [0.15, 0.2) is 0 Å². The third-order valence-electron chi connectivity index (χ3n) is 5.20. The van der Waals surface area contributed by atoms with Crippen molar-refractivity contribution in [1.29, 1.82) is 0 Å². The van der Waals surface area contributed by atoms with Crippen LogP contribution in [0.2, 0.25) is 0 Å². The Morgan fingerprint density at radius 1 is 0.957 bits per heavy atom. The van der Waals surface area contributed by atoms with Crippen LogP contribution in [0, 0.1) is 11.3 Å². The van der Waals surface area contributed by atoms with Crippen molar-refractivity contribution in [2.45, 2.75) is 111 Å². The van der Waals surface area contributed by atoms with E-state index in [1.165, 1.54) is 57.8 Å². The predicted octanol–water partition coefficient (Wildman–Crippen LogP) is 6.14. The molecule has 3 atom stereocenters. The monoisotopic (exact) mass is 326 g/mol. The van der Waals surface area contributed by atoms with Gasteiger partial charge in [0.25, 0.3) is 0 Å². The third-order valence-corrected chi connectivity index (χ3v) is 5.20. The van der Waals surface area contributed by atoms with Gasteiger partial charge in [-0.25, -0.2) is 0 Å². The summed E-state index contributed by atoms with van der Waals surface area (Å²) < 4.78 is 0. The van der Waals surface area contributed by atoms with Crippen LogP contribution in [0.15, 0.2) is 5.16 Å². The van der Waals surface area contributed by atoms with E-state index in [2.05, 4.69) is 32.9 Å². The highest BCUT2D eigenvalue weighted by atomic mass is 16.4. The number of nitrogens with zero attached hydrogens (tertiary/aromatic N) is 1. The molecule has 0 saturated heterocycles. The molecular formula is C20H42N2O. The molecule has 0 aliphatic rings. The second-order valence-electron chi connectivity index (χ2n) is 7.74. The van der Waals surface area contributed by atoms with E-state index in [0.717, 1.165) is 19.3 Å². The number of nitrogens with two attached hydrogens (primary N) is 1. The van der Waals surface area contributed by atoms with E-state index in [4.69, 9.17) is 10.9 Å². The lowest BCUT2D eigenvalue weighted by molar-refractivity contribution is 0.302. The van der Waals surface area contributed by atoms with Crippen LogP contribution in [0.3, 0.4) is 0 Å². The second-order valence-corrected chi connectivity index (χ2v) is 7.74. The molecule has 3 N–H and O–H groups in total. The van der Waals surface area contributed by atoms with Crippen molar-refractivity contribution in [3.8, 4) is 0 Å². The van der Waals surface area contributed by atoms with Gasteiger partial charge in [-0.3, -0.25) is 0 Å². The van der Waals surface area contributed by atoms with Gasteiger partial charge in [-0.1, -0.05) is 79.1 Å². The Balaban J connectivity index is 3.62. The van der Waals surface area contributed by atoms with Gasteiger partial charge in [0.05, 0.1) is 0 Å². The lowest BCUT2D eigenvalue weighted by Crippen LogP contribution is -2.27. The summed E-state index contributed by atoms with van der Waals surface area (Å²) in [7, 11) is 0. The summed E-state index contributed by atoms with van der Waals surface area (Å²) in [6, 6.07) is 0.391. The van der Waals surface area contributed by atoms with Crippen LogP contribution in [0.4, 0.5) is 0 Å². The normalized spacial score (nSPS) is 17.3. The zero-order chi connectivity index (χ0) is 17.6. The van der Waals surface area contributed by atoms with Crippen LogP contribution in [-0.4, -0.2) is 17.5 Å². The van der Waals surface area contributed by atoms with Gasteiger partial charge in [0.1, 0.15) is 0 Å². The third kappa shape index (κ3) is 11.6. The minimum absolute atomic E-state index is 0.0751. The molecule has 0 radical (unpaired) electrons. The fraction of sp³-hybridized carbons (Fsp3) is 0.950. The van der Waals surface area contributed by atoms with Crippen molar-refractivity contribution >= 4 is 6.21 Å². The fourth-order valence-electron chi connectivity index (χ4n) is 3.53. The Morgan fingerprint density at radius 2 is 1.57 bits per heavy atom. The van der Waals surface area contributed by atoms with Crippen LogP contribution >= 0.6 is 0 Å². The minimum Gasteiger partial charge on any atom is -0.411 e. The Labute approximate surface area is 145 Å². The largest absolute Gasteiger partial charge is 0.411 e. The Kier molecular flexibility index (Phi) is 13.5. The van der Waals surface area contributed by atoms with Crippen LogP contribution in [0.1, 0.15) is 105 Å². The van der Waals surface area contributed by atoms with Crippen molar-refractivity contribution in [2.24, 2.45) is 22.2 Å². The number of unbranched alkanes of at least 4 members (excludes halogenated alkanes) is 5. The van der Waals surface area contributed by atoms with Crippen molar-refractivity contribution in [3.63, 3.8) is 0 Å². The maximum Gasteiger partial charge on any atom is 0.0494 e. The summed E-state index contributed by atoms with van der Waals surface area (Å²) in [5.74, 6) is 0.671. The van der Waals surface area contributed by atoms with Crippen LogP contribution in [-0.2, 0) is 0 Å². The van der Waals surface area contributed by atoms with Gasteiger partial charge in [0, 0.05) is 17.7 Å². The highest BCUT2D eigenvalue weighted by molar-refractivity contribution is 5.64. The summed E-state index contributed by atoms with van der Waals surface area (Å²) in [4.78, 5) is 0. The molecule has 23 heavy (non-hydrogen) atoms. The van der Waals surface area contributed by atoms with Gasteiger partial charge in [-0.15, -0.1) is 5.16 Å². The molecule has 0 aliphatic carbocycles. The molecule has 0 aromatic carbocycles. The summed E-state index contributed by atoms with van der Waals surface area (Å²) >= 11 is 0. The lowest BCUT2D eigenvalue weighted by atomic mass is 9.82. The number of hydrogen-bond donors (Lipinski definition) is 2. The van der Waals surface area contributed by atoms with Crippen molar-refractivity contribution < 1.29 is 5.21 Å². The Hall–Kier alpha value is -0.570. The number of oxime groups is 1. The topological polar surface area (TPSA) is 58.6 Å². The Bertz CT molecular complexity index is 293. The minimum atomic E-state index is 0.0751. The average Bonchev–Trinajstić information content (AvgIpc) is 2.50. The van der Waals surface area contributed by atoms with Crippen LogP contribution in [0.25, 0.3) is 0 Å². The molecular weight excluding hydrogens is 284 g/mol. The van der Waals surface area contributed by atoms with Gasteiger partial charge in [-0.05, 0) is 31.6 Å². The summed E-state index contributed by atoms with van der Waals surface area (Å²) in [6.45, 7) is 8.92. The molecule has 0 amide bonds. The molecule has 0 saturated carbocycles. The van der Waals surface area contributed by atoms with Crippen LogP contribution < -0.4 is 5.73 Å². The van der Waals surface area contributed by atoms with E-state index in [1.54, 1.807) is 6.21 Å². The fourth-order valence-corrected chi connectivity index (χ4v) is 3.53. The zero-order valence-corrected chi connectivity index (χ0v) is 16.2. The van der Waals surface area contributed by atoms with Crippen molar-refractivity contribution in [2.75, 3.05) is 0 Å². The molecule has 0 spiro atoms. The first-order valence-corrected chi connectivity index (χ1v) is 9.93. The van der Waals surface area contributed by atoms with E-state index in [1.807, 2.05) is 0 Å². The van der Waals surface area contributed by atoms with Gasteiger partial charge >= 0.3 is 0 Å². The predicted molar refractivity (Wildman–Crippen MR) is 102 cm³/mol. The van der Waals surface area contributed by atoms with E-state index in [-0.39, 0.29) is 5.41 Å². The van der Waals surface area contributed by atoms with Gasteiger partial charge in [0.2, 0.25) is 0 Å². The quantitative estimate of drug-likeness (QED) is 0.164. The molecule has 3 unspecified atom stereocenters. The summed E-state index contributed by atoms with van der Waals surface area (Å²) in [5.41, 5.74) is 6.31. The summed E-state index contributed by atoms with van der Waals surface area (Å²) in [5, 5.41) is 12.1. The number of hydrogen-bond acceptors (Lipinski definition) is 3. The zero-order valence-electron chi connectivity index (χ0n) is 16.2. The summed E-state index contributed by atoms with van der Waals surface area (Å²) in [6.07, 6.45) is 16.5. The second kappa shape index (κ2) is 13.8. The molecule has 138 valence electrons. The molecule has 0 aromatic rings. The molecule has 0 heterocycles. The Morgan fingerprint density at radius 3 is 2.13 bits per heavy atom. The molecule has 0 fully saturated rings. The molecule has 0 rings (SSSR count). The first-order chi connectivity index (χ1) is 11.0. The van der Waals surface area contributed by atoms with E-state index < -0.39 is 0 Å². The van der Waals surface area contributed by atoms with Gasteiger partial charge in [-0.2, -0.15) is 0 Å². The number of rotatable bonds is 15. The van der Waals surface area contributed by atoms with Gasteiger partial charge < -0.3 is 10.9 Å². The van der Waals surface area contributed by atoms with E-state index >= 15 is 0 Å². The molecule has 0 aromatic heterocycles. The highest BCUT2D eigenvalue weighted by Gasteiger charge is 2.20. The standard InChI is InChI=1S/C20H42N2O/c1-5-13-18(3)19(21)14-11-9-7-8-10-12-16-20(4,15-6-2)17-22-23/h17-19,23H,5-16,21H2,1-4H3. The molecule has 3 heteroatoms. The molecule has 0 bridgehead atoms. The SMILES string of the molecule is CCCC(C)C(N)CCCCCCCCC(C)(C=NO)CCC. The van der Waals surface area contributed by atoms with Crippen LogP contribution in [0.5, 0.6) is 0 Å². The molecule has 0 aliphatic heterocycles. The maximum absolute atomic E-state index is 8.80. The highest BCUT2D eigenvalue weighted by Crippen LogP contribution is 2.28.